The lowest BCUT2D eigenvalue weighted by molar-refractivity contribution is -0.671. The zero-order valence-electron chi connectivity index (χ0n) is 33.4. The molecule has 0 fully saturated rings. The number of anilines is 1. The average molecular weight is 765 g/mol. The van der Waals surface area contributed by atoms with Crippen LogP contribution in [0.25, 0.3) is 0 Å². The molecule has 9 nitrogen and oxygen atoms in total. The van der Waals surface area contributed by atoms with Gasteiger partial charge in [0.2, 0.25) is 5.69 Å². The lowest BCUT2D eigenvalue weighted by atomic mass is 9.81. The van der Waals surface area contributed by atoms with Crippen LogP contribution >= 0.6 is 0 Å². The van der Waals surface area contributed by atoms with Gasteiger partial charge in [-0.1, -0.05) is 75.7 Å². The summed E-state index contributed by atoms with van der Waals surface area (Å²) in [5, 5.41) is 0. The molecule has 0 atom stereocenters. The molecule has 2 aliphatic heterocycles. The molecule has 6 rings (SSSR count). The fourth-order valence-electron chi connectivity index (χ4n) is 8.27. The Labute approximate surface area is 327 Å². The van der Waals surface area contributed by atoms with Crippen molar-refractivity contribution in [1.29, 1.82) is 0 Å². The van der Waals surface area contributed by atoms with E-state index >= 15 is 0 Å². The van der Waals surface area contributed by atoms with Gasteiger partial charge in [-0.05, 0) is 62.0 Å². The minimum atomic E-state index is -4.09. The molecule has 1 N–H and O–H groups in total. The summed E-state index contributed by atoms with van der Waals surface area (Å²) >= 11 is 0. The van der Waals surface area contributed by atoms with E-state index in [1.54, 1.807) is 11.9 Å². The number of pyridine rings is 1. The number of hydrogen-bond acceptors (Lipinski definition) is 5. The van der Waals surface area contributed by atoms with Crippen LogP contribution in [0.1, 0.15) is 83.4 Å². The summed E-state index contributed by atoms with van der Waals surface area (Å²) in [6.45, 7) is 12.7. The number of fused-ring (bicyclic) bond motifs is 2. The molecule has 1 aromatic heterocycles. The van der Waals surface area contributed by atoms with Gasteiger partial charge in [0, 0.05) is 72.2 Å². The number of carbonyl (C=O) groups is 1. The van der Waals surface area contributed by atoms with Gasteiger partial charge in [0.25, 0.3) is 10.1 Å². The Kier molecular flexibility index (Phi) is 11.7. The number of aryl methyl sites for hydroxylation is 1. The Morgan fingerprint density at radius 2 is 1.62 bits per heavy atom. The third-order valence-electron chi connectivity index (χ3n) is 11.3. The predicted octanol–water partition coefficient (Wildman–Crippen LogP) is 8.45. The van der Waals surface area contributed by atoms with Gasteiger partial charge in [0.15, 0.2) is 18.1 Å². The second-order valence-electron chi connectivity index (χ2n) is 15.9. The van der Waals surface area contributed by atoms with Crippen molar-refractivity contribution in [1.82, 2.24) is 4.90 Å². The van der Waals surface area contributed by atoms with Crippen LogP contribution in [0, 0.1) is 0 Å². The highest BCUT2D eigenvalue weighted by molar-refractivity contribution is 7.85. The summed E-state index contributed by atoms with van der Waals surface area (Å²) in [4.78, 5) is 17.9. The molecule has 0 unspecified atom stereocenters. The Hall–Kier alpha value is -4.80. The average Bonchev–Trinajstić information content (AvgIpc) is 3.72. The van der Waals surface area contributed by atoms with Crippen molar-refractivity contribution < 1.29 is 31.6 Å². The van der Waals surface area contributed by atoms with E-state index < -0.39 is 16.2 Å². The fraction of sp³-hybridized carbons (Fsp3) is 0.400. The number of nitrogens with zero attached hydrogens (tertiary/aromatic N) is 4. The van der Waals surface area contributed by atoms with Gasteiger partial charge in [-0.15, -0.1) is 0 Å². The third kappa shape index (κ3) is 8.40. The first kappa shape index (κ1) is 39.9. The molecular formula is C45H56N4O5S+2. The number of aromatic nitrogens is 1. The van der Waals surface area contributed by atoms with Crippen LogP contribution in [0.5, 0.6) is 0 Å². The van der Waals surface area contributed by atoms with Gasteiger partial charge >= 0.3 is 6.09 Å². The highest BCUT2D eigenvalue weighted by Gasteiger charge is 2.44. The molecular weight excluding hydrogens is 709 g/mol. The number of rotatable bonds is 13. The first-order chi connectivity index (χ1) is 26.1. The Morgan fingerprint density at radius 1 is 0.927 bits per heavy atom. The number of benzene rings is 2. The number of para-hydroxylation sites is 2. The Bertz CT molecular complexity index is 2210. The van der Waals surface area contributed by atoms with Crippen molar-refractivity contribution in [3.8, 4) is 0 Å². The number of hydrogen-bond donors (Lipinski definition) is 1. The lowest BCUT2D eigenvalue weighted by Crippen LogP contribution is -2.29. The molecule has 290 valence electrons. The molecule has 55 heavy (non-hydrogen) atoms. The SMILES string of the molecule is CCCCN1/C(=C/C=C2\CCC(/C=C/C3=[N+](CCCS(=O)(=O)O)c4ccccc4C3(C)C)=C2N(C)C(=O)OCc2cc[n+](C)cc2)C(C)(C)c2ccccc21. The van der Waals surface area contributed by atoms with Crippen LogP contribution in [0.15, 0.2) is 120 Å². The van der Waals surface area contributed by atoms with Crippen LogP contribution in [-0.2, 0) is 39.3 Å². The normalized spacial score (nSPS) is 18.9. The number of amides is 1. The van der Waals surface area contributed by atoms with Gasteiger partial charge in [-0.3, -0.25) is 9.45 Å². The molecule has 3 aliphatic rings. The summed E-state index contributed by atoms with van der Waals surface area (Å²) in [6, 6.07) is 20.7. The van der Waals surface area contributed by atoms with Crippen molar-refractivity contribution in [3.05, 3.63) is 137 Å². The molecule has 0 bridgehead atoms. The maximum absolute atomic E-state index is 13.8. The van der Waals surface area contributed by atoms with Crippen LogP contribution in [-0.4, -0.2) is 60.1 Å². The van der Waals surface area contributed by atoms with Crippen molar-refractivity contribution in [2.24, 2.45) is 7.05 Å². The highest BCUT2D eigenvalue weighted by Crippen LogP contribution is 2.48. The second kappa shape index (κ2) is 16.1. The number of likely N-dealkylation sites (N-methyl/N-ethyl adjacent to an activating group) is 1. The molecule has 1 aliphatic carbocycles. The molecule has 0 spiro atoms. The van der Waals surface area contributed by atoms with Gasteiger partial charge < -0.3 is 9.64 Å². The van der Waals surface area contributed by atoms with Gasteiger partial charge in [0.1, 0.15) is 20.2 Å². The van der Waals surface area contributed by atoms with Crippen molar-refractivity contribution in [2.45, 2.75) is 84.2 Å². The van der Waals surface area contributed by atoms with E-state index in [0.29, 0.717) is 6.54 Å². The van der Waals surface area contributed by atoms with E-state index in [1.165, 1.54) is 16.9 Å². The number of carbonyl (C=O) groups excluding carboxylic acids is 1. The largest absolute Gasteiger partial charge is 0.444 e. The zero-order valence-corrected chi connectivity index (χ0v) is 34.2. The molecule has 10 heteroatoms. The Morgan fingerprint density at radius 3 is 2.33 bits per heavy atom. The number of unbranched alkanes of at least 4 members (excludes halogenated alkanes) is 1. The molecule has 0 saturated carbocycles. The van der Waals surface area contributed by atoms with Crippen LogP contribution < -0.4 is 9.47 Å². The van der Waals surface area contributed by atoms with E-state index in [1.807, 2.05) is 48.3 Å². The van der Waals surface area contributed by atoms with E-state index in [-0.39, 0.29) is 29.6 Å². The van der Waals surface area contributed by atoms with Gasteiger partial charge in [-0.25, -0.2) is 9.36 Å². The summed E-state index contributed by atoms with van der Waals surface area (Å²) < 4.78 is 42.7. The lowest BCUT2D eigenvalue weighted by Gasteiger charge is -2.27. The predicted molar refractivity (Wildman–Crippen MR) is 219 cm³/mol. The molecule has 0 radical (unpaired) electrons. The van der Waals surface area contributed by atoms with E-state index in [2.05, 4.69) is 105 Å². The third-order valence-corrected chi connectivity index (χ3v) is 12.1. The Balaban J connectivity index is 1.40. The highest BCUT2D eigenvalue weighted by atomic mass is 32.2. The van der Waals surface area contributed by atoms with Crippen molar-refractivity contribution in [3.63, 3.8) is 0 Å². The summed E-state index contributed by atoms with van der Waals surface area (Å²) in [5.74, 6) is -0.311. The van der Waals surface area contributed by atoms with Crippen molar-refractivity contribution in [2.75, 3.05) is 30.8 Å². The first-order valence-electron chi connectivity index (χ1n) is 19.4. The number of allylic oxidation sites excluding steroid dienone is 7. The van der Waals surface area contributed by atoms with Crippen LogP contribution in [0.3, 0.4) is 0 Å². The first-order valence-corrected chi connectivity index (χ1v) is 21.0. The fourth-order valence-corrected chi connectivity index (χ4v) is 8.77. The summed E-state index contributed by atoms with van der Waals surface area (Å²) in [5.41, 5.74) is 10.3. The van der Waals surface area contributed by atoms with E-state index in [9.17, 15) is 17.8 Å². The summed E-state index contributed by atoms with van der Waals surface area (Å²) in [7, 11) is -0.352. The minimum Gasteiger partial charge on any atom is -0.444 e. The van der Waals surface area contributed by atoms with Crippen LogP contribution in [0.2, 0.25) is 0 Å². The molecule has 3 aromatic rings. The smallest absolute Gasteiger partial charge is 0.414 e. The monoisotopic (exact) mass is 764 g/mol. The van der Waals surface area contributed by atoms with Gasteiger partial charge in [-0.2, -0.15) is 13.0 Å². The quantitative estimate of drug-likeness (QED) is 0.139. The van der Waals surface area contributed by atoms with Crippen LogP contribution in [0.4, 0.5) is 16.2 Å². The second-order valence-corrected chi connectivity index (χ2v) is 17.5. The zero-order chi connectivity index (χ0) is 39.5. The van der Waals surface area contributed by atoms with Crippen molar-refractivity contribution >= 4 is 33.3 Å². The summed E-state index contributed by atoms with van der Waals surface area (Å²) in [6.07, 6.45) is 16.1. The maximum Gasteiger partial charge on any atom is 0.414 e. The molecule has 2 aromatic carbocycles. The standard InChI is InChI=1S/C45H55N4O5S/c1-8-9-27-48-38-17-12-10-15-36(38)44(2,3)40(48)23-21-34-19-20-35(42(34)47(7)43(50)54-32-33-25-29-46(6)30-26-33)22-24-41-45(4,5)37-16-11-13-18-39(37)49(41)28-14-31-55(51,52)53/h10-13,15-18,21-26,29-30H,8-9,14,19-20,27-28,31-32H2,1-7H3/q+1/p+1. The number of ether oxygens (including phenoxy) is 1. The van der Waals surface area contributed by atoms with E-state index in [0.717, 1.165) is 71.6 Å². The maximum atomic E-state index is 13.8. The molecule has 1 amide bonds. The molecule has 3 heterocycles. The topological polar surface area (TPSA) is 94.0 Å². The van der Waals surface area contributed by atoms with Gasteiger partial charge in [0.05, 0.1) is 16.9 Å². The molecule has 0 saturated heterocycles. The van der Waals surface area contributed by atoms with E-state index in [4.69, 9.17) is 4.74 Å². The minimum absolute atomic E-state index is 0.160.